The lowest BCUT2D eigenvalue weighted by atomic mass is 9.76. The molecule has 0 saturated carbocycles. The summed E-state index contributed by atoms with van der Waals surface area (Å²) in [4.78, 5) is 25.2. The van der Waals surface area contributed by atoms with Gasteiger partial charge in [-0.05, 0) is 183 Å². The molecule has 19 nitrogen and oxygen atoms in total. The van der Waals surface area contributed by atoms with E-state index in [1.54, 1.807) is 60.0 Å². The molecule has 0 spiro atoms. The van der Waals surface area contributed by atoms with Crippen molar-refractivity contribution in [3.8, 4) is 151 Å². The fraction of sp³-hybridized carbons (Fsp3) is 0.00901. The Morgan fingerprint density at radius 1 is 0.269 bits per heavy atom. The zero-order valence-corrected chi connectivity index (χ0v) is 71.3. The molecule has 134 heavy (non-hydrogen) atoms. The van der Waals surface area contributed by atoms with Crippen LogP contribution in [0.4, 0.5) is 8.78 Å². The van der Waals surface area contributed by atoms with Crippen molar-refractivity contribution in [1.82, 2.24) is 38.6 Å². The molecule has 0 bridgehead atoms. The molecule has 0 radical (unpaired) electrons. The van der Waals surface area contributed by atoms with Crippen molar-refractivity contribution in [3.05, 3.63) is 358 Å². The van der Waals surface area contributed by atoms with Crippen molar-refractivity contribution in [2.75, 3.05) is 0 Å². The third kappa shape index (κ3) is 12.4. The van der Waals surface area contributed by atoms with Crippen molar-refractivity contribution >= 4 is 151 Å². The number of hydrogen-bond acceptors (Lipinski definition) is 18. The van der Waals surface area contributed by atoms with Gasteiger partial charge in [0, 0.05) is 123 Å². The lowest BCUT2D eigenvalue weighted by molar-refractivity contribution is 0.629. The van der Waals surface area contributed by atoms with Crippen LogP contribution in [-0.4, -0.2) is 38.6 Å². The van der Waals surface area contributed by atoms with Crippen molar-refractivity contribution < 1.29 is 8.78 Å². The summed E-state index contributed by atoms with van der Waals surface area (Å²) in [7, 11) is 0. The fourth-order valence-corrected chi connectivity index (χ4v) is 21.6. The first-order chi connectivity index (χ1) is 65.7. The van der Waals surface area contributed by atoms with E-state index in [-0.39, 0.29) is 101 Å². The van der Waals surface area contributed by atoms with Crippen LogP contribution in [0.3, 0.4) is 0 Å². The first kappa shape index (κ1) is 80.1. The number of fused-ring (bicyclic) bond motifs is 17. The smallest absolute Gasteiger partial charge is 0.141 e. The van der Waals surface area contributed by atoms with Crippen LogP contribution < -0.4 is 0 Å². The van der Waals surface area contributed by atoms with E-state index in [4.69, 9.17) is 15.0 Å². The number of nitriles is 11. The maximum atomic E-state index is 15.5. The number of thiophene rings is 2. The van der Waals surface area contributed by atoms with Crippen molar-refractivity contribution in [2.45, 2.75) is 6.92 Å². The second-order valence-electron chi connectivity index (χ2n) is 31.8. The molecule has 13 aromatic carbocycles. The van der Waals surface area contributed by atoms with Crippen LogP contribution in [0.15, 0.2) is 279 Å². The van der Waals surface area contributed by atoms with Crippen LogP contribution in [0.1, 0.15) is 67.0 Å². The van der Waals surface area contributed by atoms with Crippen LogP contribution in [0, 0.1) is 143 Å². The van der Waals surface area contributed by atoms with E-state index < -0.39 is 5.82 Å². The van der Waals surface area contributed by atoms with E-state index >= 15 is 4.39 Å². The molecule has 0 amide bonds. The Labute approximate surface area is 766 Å². The maximum absolute atomic E-state index is 15.5. The first-order valence-corrected chi connectivity index (χ1v) is 43.2. The van der Waals surface area contributed by atoms with Crippen LogP contribution >= 0.6 is 22.7 Å². The van der Waals surface area contributed by atoms with E-state index in [2.05, 4.69) is 153 Å². The summed E-state index contributed by atoms with van der Waals surface area (Å²) in [6.07, 6.45) is 1.58. The number of halogens is 2. The molecule has 23 rings (SSSR count). The fourth-order valence-electron chi connectivity index (χ4n) is 19.1. The largest absolute Gasteiger partial charge is 0.308 e. The van der Waals surface area contributed by atoms with E-state index in [1.165, 1.54) is 65.9 Å². The lowest BCUT2D eigenvalue weighted by Crippen LogP contribution is -2.09. The molecular weight excluding hydrogens is 1700 g/mol. The van der Waals surface area contributed by atoms with Gasteiger partial charge in [0.25, 0.3) is 0 Å². The van der Waals surface area contributed by atoms with E-state index in [9.17, 15) is 62.3 Å². The molecule has 23 heteroatoms. The maximum Gasteiger partial charge on any atom is 0.141 e. The minimum absolute atomic E-state index is 0.00908. The first-order valence-electron chi connectivity index (χ1n) is 41.6. The van der Waals surface area contributed by atoms with E-state index in [1.807, 2.05) is 120 Å². The number of aryl methyl sites for hydroxylation is 1. The number of rotatable bonds is 9. The molecule has 0 N–H and O–H groups in total. The molecule has 0 aliphatic rings. The quantitative estimate of drug-likeness (QED) is 0.130. The van der Waals surface area contributed by atoms with Gasteiger partial charge in [0.2, 0.25) is 0 Å². The average molecular weight is 1750 g/mol. The van der Waals surface area contributed by atoms with Gasteiger partial charge in [0.15, 0.2) is 0 Å². The van der Waals surface area contributed by atoms with Crippen LogP contribution in [0.25, 0.3) is 212 Å². The predicted octanol–water partition coefficient (Wildman–Crippen LogP) is 25.9. The van der Waals surface area contributed by atoms with Crippen molar-refractivity contribution in [2.24, 2.45) is 0 Å². The standard InChI is InChI=1S/C56H20FN11S.C55H29FN8S/c57-39-9-12-46-43(19-39)41-5-1-3-7-45(41)68(46)40-10-11-44(67-29-40)52-54(49-35(25-63)15-31(21-59)16-36(49)26-64)53(48-33(23-61)13-30(20-58)14-34(48)24-62)51-42-6-2-4-8-47(42)69-56(51)55(52)50-37(27-65)17-32(22-60)18-38(50)28-66;1-30-14-24-47-37(26-30)34-8-2-5-11-45(34)64(47)54-52(44-23-21-40-42(62-44)19-17-33(29-58)60-40)55-50(36-10-4-7-13-49(36)65-55)51(43-22-20-39-41(61-43)18-16-32(28-57)59-39)53(54)63-46-12-6-3-9-35(46)38-27-31(56)15-25-48(38)63/h1-19,29H;2-27H,1H3. The van der Waals surface area contributed by atoms with Gasteiger partial charge in [-0.1, -0.05) is 103 Å². The zero-order chi connectivity index (χ0) is 91.6. The molecule has 0 atom stereocenters. The summed E-state index contributed by atoms with van der Waals surface area (Å²) in [6.45, 7) is 2.12. The Morgan fingerprint density at radius 2 is 0.627 bits per heavy atom. The number of benzene rings is 13. The van der Waals surface area contributed by atoms with Gasteiger partial charge in [0.1, 0.15) is 35.2 Å². The second-order valence-corrected chi connectivity index (χ2v) is 33.9. The van der Waals surface area contributed by atoms with Gasteiger partial charge in [-0.25, -0.2) is 28.7 Å². The van der Waals surface area contributed by atoms with Gasteiger partial charge in [0.05, 0.1) is 200 Å². The molecule has 10 aromatic heterocycles. The van der Waals surface area contributed by atoms with Gasteiger partial charge in [-0.15, -0.1) is 22.7 Å². The highest BCUT2D eigenvalue weighted by Gasteiger charge is 2.37. The molecule has 0 saturated heterocycles. The highest BCUT2D eigenvalue weighted by atomic mass is 32.1. The monoisotopic (exact) mass is 1750 g/mol. The Kier molecular flexibility index (Phi) is 18.9. The van der Waals surface area contributed by atoms with Gasteiger partial charge in [-0.2, -0.15) is 57.9 Å². The summed E-state index contributed by atoms with van der Waals surface area (Å²) >= 11 is 2.99. The predicted molar refractivity (Wildman–Crippen MR) is 515 cm³/mol. The van der Waals surface area contributed by atoms with E-state index in [0.29, 0.717) is 81.6 Å². The van der Waals surface area contributed by atoms with Gasteiger partial charge >= 0.3 is 0 Å². The second kappa shape index (κ2) is 31.7. The van der Waals surface area contributed by atoms with Crippen LogP contribution in [-0.2, 0) is 0 Å². The lowest BCUT2D eigenvalue weighted by Gasteiger charge is -2.25. The number of aromatic nitrogens is 8. The Hall–Kier alpha value is -19.8. The number of nitrogens with zero attached hydrogens (tertiary/aromatic N) is 19. The summed E-state index contributed by atoms with van der Waals surface area (Å²) in [5, 5.41) is 124. The third-order valence-corrected chi connectivity index (χ3v) is 26.9. The molecule has 0 fully saturated rings. The SMILES string of the molecule is Cc1ccc2c(c1)c1ccccc1n2-c1c(-n2c3ccccc3c3cc(F)ccc32)c(-c2ccc3nc(C#N)ccc3n2)c2c(sc3ccccc32)c1-c1ccc2nc(C#N)ccc2n1.N#Cc1cc(C#N)c(-c2c(-c3ccc(-n4c5ccccc5c5cc(F)ccc54)cn3)c(-c3c(C#N)cc(C#N)cc3C#N)c3sc4ccccc4c3c2-c2c(C#N)cc(C#N)cc2C#N)c(C#N)c1. The average Bonchev–Trinajstić information content (AvgIpc) is 1.47. The molecule has 0 unspecified atom stereocenters. The molecule has 614 valence electrons. The molecular formula is C111H49F2N19S2. The minimum Gasteiger partial charge on any atom is -0.308 e. The number of pyridine rings is 5. The summed E-state index contributed by atoms with van der Waals surface area (Å²) in [5.41, 5.74) is 15.3. The highest BCUT2D eigenvalue weighted by molar-refractivity contribution is 7.27. The Balaban J connectivity index is 0.000000156. The Bertz CT molecular complexity index is 9710. The molecule has 0 aliphatic carbocycles. The van der Waals surface area contributed by atoms with E-state index in [0.717, 1.165) is 103 Å². The molecule has 10 heterocycles. The summed E-state index contributed by atoms with van der Waals surface area (Å²) < 4.78 is 40.1. The summed E-state index contributed by atoms with van der Waals surface area (Å²) in [5.74, 6) is -0.743. The number of para-hydroxylation sites is 3. The minimum atomic E-state index is -0.416. The topological polar surface area (TPSA) is 341 Å². The highest BCUT2D eigenvalue weighted by Crippen LogP contribution is 2.59. The Morgan fingerprint density at radius 3 is 1.07 bits per heavy atom. The zero-order valence-electron chi connectivity index (χ0n) is 69.6. The molecule has 0 aliphatic heterocycles. The third-order valence-electron chi connectivity index (χ3n) is 24.5. The van der Waals surface area contributed by atoms with Crippen LogP contribution in [0.5, 0.6) is 0 Å². The van der Waals surface area contributed by atoms with Crippen LogP contribution in [0.2, 0.25) is 0 Å². The van der Waals surface area contributed by atoms with Crippen molar-refractivity contribution in [1.29, 1.82) is 57.9 Å². The van der Waals surface area contributed by atoms with Gasteiger partial charge in [-0.3, -0.25) is 4.98 Å². The van der Waals surface area contributed by atoms with Crippen molar-refractivity contribution in [3.63, 3.8) is 0 Å². The number of hydrogen-bond donors (Lipinski definition) is 0. The molecule has 23 aromatic rings. The van der Waals surface area contributed by atoms with Gasteiger partial charge < -0.3 is 13.7 Å². The summed E-state index contributed by atoms with van der Waals surface area (Å²) in [6, 6.07) is 106. The normalized spacial score (nSPS) is 11.2.